The molecule has 3 aromatic rings. The summed E-state index contributed by atoms with van der Waals surface area (Å²) in [6, 6.07) is 18.9. The van der Waals surface area contributed by atoms with Crippen LogP contribution in [0.15, 0.2) is 54.6 Å². The van der Waals surface area contributed by atoms with E-state index < -0.39 is 11.9 Å². The lowest BCUT2D eigenvalue weighted by molar-refractivity contribution is -0.141. The highest BCUT2D eigenvalue weighted by atomic mass is 16.5. The molecule has 1 atom stereocenters. The van der Waals surface area contributed by atoms with Crippen LogP contribution >= 0.6 is 0 Å². The lowest BCUT2D eigenvalue weighted by Crippen LogP contribution is -2.12. The molecule has 0 bridgehead atoms. The summed E-state index contributed by atoms with van der Waals surface area (Å²) in [7, 11) is 1.92. The van der Waals surface area contributed by atoms with Crippen molar-refractivity contribution < 1.29 is 14.6 Å². The number of carboxylic acid groups (broad SMARTS) is 1. The van der Waals surface area contributed by atoms with E-state index in [0.717, 1.165) is 34.7 Å². The number of anilines is 1. The number of carbonyl (C=O) groups is 1. The van der Waals surface area contributed by atoms with Crippen LogP contribution in [0.2, 0.25) is 0 Å². The first-order valence-corrected chi connectivity index (χ1v) is 11.2. The lowest BCUT2D eigenvalue weighted by Gasteiger charge is -2.17. The zero-order valence-electron chi connectivity index (χ0n) is 18.4. The average Bonchev–Trinajstić information content (AvgIpc) is 3.31. The number of benzene rings is 3. The quantitative estimate of drug-likeness (QED) is 0.446. The molecule has 0 spiro atoms. The first-order chi connectivity index (χ1) is 15.0. The second kappa shape index (κ2) is 9.42. The third-order valence-electron chi connectivity index (χ3n) is 6.40. The van der Waals surface area contributed by atoms with Crippen LogP contribution in [-0.4, -0.2) is 24.7 Å². The molecule has 0 amide bonds. The van der Waals surface area contributed by atoms with Gasteiger partial charge in [-0.25, -0.2) is 0 Å². The van der Waals surface area contributed by atoms with Crippen LogP contribution in [0.25, 0.3) is 21.9 Å². The van der Waals surface area contributed by atoms with Gasteiger partial charge in [0.05, 0.1) is 12.5 Å². The van der Waals surface area contributed by atoms with Gasteiger partial charge in [0, 0.05) is 18.3 Å². The van der Waals surface area contributed by atoms with Crippen molar-refractivity contribution in [2.75, 3.05) is 19.0 Å². The number of ether oxygens (including phenoxy) is 1. The fraction of sp³-hybridized carbons (Fsp3) is 0.370. The molecule has 0 radical (unpaired) electrons. The second-order valence-electron chi connectivity index (χ2n) is 8.76. The molecule has 0 heterocycles. The van der Waals surface area contributed by atoms with Crippen LogP contribution < -0.4 is 10.1 Å². The largest absolute Gasteiger partial charge is 0.493 e. The summed E-state index contributed by atoms with van der Waals surface area (Å²) in [5.41, 5.74) is 4.23. The molecule has 31 heavy (non-hydrogen) atoms. The summed E-state index contributed by atoms with van der Waals surface area (Å²) in [6.45, 7) is 2.50. The molecule has 4 heteroatoms. The van der Waals surface area contributed by atoms with Gasteiger partial charge in [-0.3, -0.25) is 4.79 Å². The van der Waals surface area contributed by atoms with Gasteiger partial charge in [-0.15, -0.1) is 0 Å². The molecule has 162 valence electrons. The van der Waals surface area contributed by atoms with Gasteiger partial charge in [-0.1, -0.05) is 44.0 Å². The minimum absolute atomic E-state index is 0.422. The highest BCUT2D eigenvalue weighted by molar-refractivity contribution is 5.90. The summed E-state index contributed by atoms with van der Waals surface area (Å²) in [5.74, 6) is 0.324. The van der Waals surface area contributed by atoms with Crippen molar-refractivity contribution in [2.45, 2.75) is 39.0 Å². The van der Waals surface area contributed by atoms with E-state index in [-0.39, 0.29) is 0 Å². The molecule has 1 aliphatic carbocycles. The zero-order valence-corrected chi connectivity index (χ0v) is 18.4. The Balaban J connectivity index is 1.68. The lowest BCUT2D eigenvalue weighted by atomic mass is 9.95. The third kappa shape index (κ3) is 5.01. The van der Waals surface area contributed by atoms with Gasteiger partial charge in [0.2, 0.25) is 0 Å². The van der Waals surface area contributed by atoms with Crippen LogP contribution in [0.1, 0.15) is 38.2 Å². The maximum atomic E-state index is 11.3. The van der Waals surface area contributed by atoms with E-state index in [1.54, 1.807) is 6.92 Å². The zero-order chi connectivity index (χ0) is 21.8. The summed E-state index contributed by atoms with van der Waals surface area (Å²) in [4.78, 5) is 11.3. The second-order valence-corrected chi connectivity index (χ2v) is 8.76. The van der Waals surface area contributed by atoms with Crippen molar-refractivity contribution in [1.82, 2.24) is 0 Å². The summed E-state index contributed by atoms with van der Waals surface area (Å²) >= 11 is 0. The van der Waals surface area contributed by atoms with Crippen LogP contribution in [0.4, 0.5) is 5.69 Å². The van der Waals surface area contributed by atoms with Crippen LogP contribution in [0, 0.1) is 11.8 Å². The minimum atomic E-state index is -0.769. The Morgan fingerprint density at radius 2 is 1.81 bits per heavy atom. The van der Waals surface area contributed by atoms with Crippen molar-refractivity contribution in [3.05, 3.63) is 60.2 Å². The number of carboxylic acids is 1. The number of hydrogen-bond donors (Lipinski definition) is 2. The monoisotopic (exact) mass is 417 g/mol. The predicted molar refractivity (Wildman–Crippen MR) is 127 cm³/mol. The molecule has 1 unspecified atom stereocenters. The maximum Gasteiger partial charge on any atom is 0.306 e. The number of aliphatic carboxylic acids is 1. The number of fused-ring (bicyclic) bond motifs is 1. The normalized spacial score (nSPS) is 15.2. The highest BCUT2D eigenvalue weighted by Crippen LogP contribution is 2.35. The Bertz CT molecular complexity index is 1070. The van der Waals surface area contributed by atoms with Gasteiger partial charge >= 0.3 is 5.97 Å². The van der Waals surface area contributed by atoms with E-state index in [2.05, 4.69) is 47.8 Å². The third-order valence-corrected chi connectivity index (χ3v) is 6.40. The van der Waals surface area contributed by atoms with E-state index in [0.29, 0.717) is 12.3 Å². The fourth-order valence-corrected chi connectivity index (χ4v) is 4.45. The first-order valence-electron chi connectivity index (χ1n) is 11.2. The molecule has 1 fully saturated rings. The van der Waals surface area contributed by atoms with E-state index in [4.69, 9.17) is 4.74 Å². The smallest absolute Gasteiger partial charge is 0.306 e. The van der Waals surface area contributed by atoms with Crippen LogP contribution in [0.5, 0.6) is 5.75 Å². The molecule has 2 N–H and O–H groups in total. The molecule has 0 aromatic heterocycles. The molecule has 0 aliphatic heterocycles. The van der Waals surface area contributed by atoms with Crippen molar-refractivity contribution in [1.29, 1.82) is 0 Å². The van der Waals surface area contributed by atoms with Gasteiger partial charge in [0.1, 0.15) is 5.75 Å². The summed E-state index contributed by atoms with van der Waals surface area (Å²) < 4.78 is 6.31. The van der Waals surface area contributed by atoms with Crippen molar-refractivity contribution in [3.63, 3.8) is 0 Å². The van der Waals surface area contributed by atoms with Crippen molar-refractivity contribution in [3.8, 4) is 16.9 Å². The Morgan fingerprint density at radius 3 is 2.55 bits per heavy atom. The standard InChI is InChI=1S/C27H31NO3/c1-18(27(29)30)13-20-7-12-26(31-17-19-5-3-4-6-19)25(14-20)23-9-8-22-16-24(28-2)11-10-21(22)15-23/h7-12,14-16,18-19,28H,3-6,13,17H2,1-2H3,(H,29,30). The average molecular weight is 418 g/mol. The molecule has 1 aliphatic rings. The van der Waals surface area contributed by atoms with Crippen molar-refractivity contribution >= 4 is 22.4 Å². The Morgan fingerprint density at radius 1 is 1.06 bits per heavy atom. The Hall–Kier alpha value is -3.01. The molecular weight excluding hydrogens is 386 g/mol. The van der Waals surface area contributed by atoms with E-state index in [9.17, 15) is 9.90 Å². The van der Waals surface area contributed by atoms with E-state index in [1.165, 1.54) is 36.5 Å². The predicted octanol–water partition coefficient (Wildman–Crippen LogP) is 6.38. The maximum absolute atomic E-state index is 11.3. The number of nitrogens with one attached hydrogen (secondary N) is 1. The Kier molecular flexibility index (Phi) is 6.45. The molecule has 0 saturated heterocycles. The van der Waals surface area contributed by atoms with E-state index >= 15 is 0 Å². The van der Waals surface area contributed by atoms with Gasteiger partial charge in [0.15, 0.2) is 0 Å². The molecule has 3 aromatic carbocycles. The van der Waals surface area contributed by atoms with E-state index in [1.807, 2.05) is 19.2 Å². The van der Waals surface area contributed by atoms with Gasteiger partial charge in [-0.05, 0) is 77.4 Å². The van der Waals surface area contributed by atoms with Gasteiger partial charge in [-0.2, -0.15) is 0 Å². The molecular formula is C27H31NO3. The molecule has 4 rings (SSSR count). The fourth-order valence-electron chi connectivity index (χ4n) is 4.45. The van der Waals surface area contributed by atoms with Crippen LogP contribution in [-0.2, 0) is 11.2 Å². The Labute approximate surface area is 184 Å². The van der Waals surface area contributed by atoms with Gasteiger partial charge in [0.25, 0.3) is 0 Å². The molecule has 4 nitrogen and oxygen atoms in total. The summed E-state index contributed by atoms with van der Waals surface area (Å²) in [6.07, 6.45) is 5.59. The number of hydrogen-bond acceptors (Lipinski definition) is 3. The minimum Gasteiger partial charge on any atom is -0.493 e. The first kappa shape index (κ1) is 21.2. The van der Waals surface area contributed by atoms with Gasteiger partial charge < -0.3 is 15.2 Å². The topological polar surface area (TPSA) is 58.6 Å². The van der Waals surface area contributed by atoms with Crippen LogP contribution in [0.3, 0.4) is 0 Å². The van der Waals surface area contributed by atoms with Crippen molar-refractivity contribution in [2.24, 2.45) is 11.8 Å². The summed E-state index contributed by atoms with van der Waals surface area (Å²) in [5, 5.41) is 14.9. The number of rotatable bonds is 8. The molecule has 1 saturated carbocycles. The SMILES string of the molecule is CNc1ccc2cc(-c3cc(CC(C)C(=O)O)ccc3OCC3CCCC3)ccc2c1. The highest BCUT2D eigenvalue weighted by Gasteiger charge is 2.18.